The standard InChI is InChI=1S/C27H25Cl2N5O3/c1-14(2)33-23-21(31-24(33)20-13-30-27(37-5)32-25(20)36-4)26(35)34(18-8-6-7-16(28)12-18)22(23)19-10-9-17(29)11-15(19)3/h6-14,22H,1-5H3. The summed E-state index contributed by atoms with van der Waals surface area (Å²) in [7, 11) is 3.01. The van der Waals surface area contributed by atoms with Gasteiger partial charge in [-0.25, -0.2) is 9.97 Å². The van der Waals surface area contributed by atoms with E-state index in [0.29, 0.717) is 38.7 Å². The van der Waals surface area contributed by atoms with Crippen LogP contribution in [0.15, 0.2) is 48.7 Å². The molecule has 0 radical (unpaired) electrons. The van der Waals surface area contributed by atoms with Crippen LogP contribution in [0.5, 0.6) is 11.9 Å². The zero-order valence-corrected chi connectivity index (χ0v) is 22.5. The molecule has 5 rings (SSSR count). The quantitative estimate of drug-likeness (QED) is 0.287. The minimum absolute atomic E-state index is 0.0553. The van der Waals surface area contributed by atoms with Crippen molar-refractivity contribution in [3.05, 3.63) is 81.2 Å². The Morgan fingerprint density at radius 1 is 1.00 bits per heavy atom. The van der Waals surface area contributed by atoms with E-state index < -0.39 is 6.04 Å². The number of aromatic nitrogens is 4. The van der Waals surface area contributed by atoms with Crippen LogP contribution in [0.4, 0.5) is 5.69 Å². The van der Waals surface area contributed by atoms with E-state index in [1.165, 1.54) is 14.2 Å². The number of nitrogens with zero attached hydrogens (tertiary/aromatic N) is 5. The van der Waals surface area contributed by atoms with E-state index in [-0.39, 0.29) is 18.0 Å². The molecule has 1 unspecified atom stereocenters. The van der Waals surface area contributed by atoms with Gasteiger partial charge >= 0.3 is 6.01 Å². The molecule has 0 saturated heterocycles. The van der Waals surface area contributed by atoms with Crippen LogP contribution in [0, 0.1) is 6.92 Å². The summed E-state index contributed by atoms with van der Waals surface area (Å²) in [5.74, 6) is 0.608. The van der Waals surface area contributed by atoms with E-state index in [2.05, 4.69) is 9.97 Å². The molecule has 0 spiro atoms. The number of carbonyl (C=O) groups is 1. The highest BCUT2D eigenvalue weighted by molar-refractivity contribution is 6.31. The summed E-state index contributed by atoms with van der Waals surface area (Å²) in [6.07, 6.45) is 1.60. The van der Waals surface area contributed by atoms with Crippen molar-refractivity contribution in [3.8, 4) is 23.3 Å². The first kappa shape index (κ1) is 25.0. The Labute approximate surface area is 224 Å². The second-order valence-corrected chi connectivity index (χ2v) is 9.84. The third-order valence-corrected chi connectivity index (χ3v) is 6.83. The molecular formula is C27H25Cl2N5O3. The molecule has 2 aromatic carbocycles. The molecule has 0 saturated carbocycles. The maximum absolute atomic E-state index is 14.0. The molecule has 4 aromatic rings. The topological polar surface area (TPSA) is 82.4 Å². The number of rotatable bonds is 6. The molecule has 3 heterocycles. The summed E-state index contributed by atoms with van der Waals surface area (Å²) < 4.78 is 12.8. The lowest BCUT2D eigenvalue weighted by Gasteiger charge is -2.29. The summed E-state index contributed by atoms with van der Waals surface area (Å²) >= 11 is 12.6. The van der Waals surface area contributed by atoms with E-state index in [1.54, 1.807) is 23.2 Å². The predicted octanol–water partition coefficient (Wildman–Crippen LogP) is 6.30. The number of hydrogen-bond donors (Lipinski definition) is 0. The number of aryl methyl sites for hydroxylation is 1. The van der Waals surface area contributed by atoms with Gasteiger partial charge in [-0.2, -0.15) is 4.98 Å². The fourth-order valence-electron chi connectivity index (χ4n) is 4.81. The first-order chi connectivity index (χ1) is 17.7. The van der Waals surface area contributed by atoms with Crippen LogP contribution in [-0.4, -0.2) is 39.6 Å². The van der Waals surface area contributed by atoms with Gasteiger partial charge in [0.15, 0.2) is 5.69 Å². The van der Waals surface area contributed by atoms with Crippen molar-refractivity contribution < 1.29 is 14.3 Å². The highest BCUT2D eigenvalue weighted by Crippen LogP contribution is 2.46. The Morgan fingerprint density at radius 3 is 2.41 bits per heavy atom. The SMILES string of the molecule is COc1ncc(-c2nc3c(n2C(C)C)C(c2ccc(Cl)cc2C)N(c2cccc(Cl)c2)C3=O)c(OC)n1. The maximum atomic E-state index is 14.0. The van der Waals surface area contributed by atoms with E-state index in [1.807, 2.05) is 55.7 Å². The minimum Gasteiger partial charge on any atom is -0.480 e. The number of halogens is 2. The number of hydrogen-bond acceptors (Lipinski definition) is 6. The second kappa shape index (κ2) is 9.68. The Balaban J connectivity index is 1.80. The van der Waals surface area contributed by atoms with Crippen LogP contribution < -0.4 is 14.4 Å². The summed E-state index contributed by atoms with van der Waals surface area (Å²) in [6.45, 7) is 6.07. The number of methoxy groups -OCH3 is 2. The van der Waals surface area contributed by atoms with Gasteiger partial charge in [0.1, 0.15) is 11.9 Å². The van der Waals surface area contributed by atoms with Crippen LogP contribution in [0.1, 0.15) is 53.2 Å². The van der Waals surface area contributed by atoms with Gasteiger partial charge in [-0.1, -0.05) is 35.3 Å². The summed E-state index contributed by atoms with van der Waals surface area (Å²) in [6, 6.07) is 12.6. The summed E-state index contributed by atoms with van der Waals surface area (Å²) in [5.41, 5.74) is 4.23. The largest absolute Gasteiger partial charge is 0.480 e. The molecule has 1 atom stereocenters. The Hall–Kier alpha value is -3.62. The molecule has 37 heavy (non-hydrogen) atoms. The number of fused-ring (bicyclic) bond motifs is 1. The van der Waals surface area contributed by atoms with E-state index in [0.717, 1.165) is 16.8 Å². The van der Waals surface area contributed by atoms with Gasteiger partial charge in [0.05, 0.1) is 25.5 Å². The van der Waals surface area contributed by atoms with Crippen LogP contribution in [0.2, 0.25) is 10.0 Å². The van der Waals surface area contributed by atoms with Gasteiger partial charge < -0.3 is 14.0 Å². The zero-order valence-electron chi connectivity index (χ0n) is 21.0. The molecule has 1 aliphatic rings. The van der Waals surface area contributed by atoms with Crippen LogP contribution in [-0.2, 0) is 0 Å². The van der Waals surface area contributed by atoms with Crippen molar-refractivity contribution in [1.29, 1.82) is 0 Å². The predicted molar refractivity (Wildman–Crippen MR) is 143 cm³/mol. The van der Waals surface area contributed by atoms with Gasteiger partial charge in [-0.05, 0) is 62.2 Å². The van der Waals surface area contributed by atoms with Crippen molar-refractivity contribution in [2.45, 2.75) is 32.9 Å². The molecule has 0 N–H and O–H groups in total. The molecule has 0 bridgehead atoms. The van der Waals surface area contributed by atoms with Crippen LogP contribution in [0.3, 0.4) is 0 Å². The van der Waals surface area contributed by atoms with E-state index in [9.17, 15) is 4.79 Å². The zero-order chi connectivity index (χ0) is 26.4. The number of anilines is 1. The first-order valence-corrected chi connectivity index (χ1v) is 12.4. The van der Waals surface area contributed by atoms with Gasteiger partial charge in [0, 0.05) is 28.0 Å². The number of carbonyl (C=O) groups excluding carboxylic acids is 1. The lowest BCUT2D eigenvalue weighted by atomic mass is 9.98. The lowest BCUT2D eigenvalue weighted by Crippen LogP contribution is -2.30. The minimum atomic E-state index is -0.466. The average Bonchev–Trinajstić information content (AvgIpc) is 3.39. The van der Waals surface area contributed by atoms with Crippen LogP contribution >= 0.6 is 23.2 Å². The number of imidazole rings is 1. The molecule has 0 aliphatic carbocycles. The normalized spacial score (nSPS) is 14.9. The molecule has 8 nitrogen and oxygen atoms in total. The van der Waals surface area contributed by atoms with Crippen molar-refractivity contribution in [2.75, 3.05) is 19.1 Å². The summed E-state index contributed by atoms with van der Waals surface area (Å²) in [4.78, 5) is 29.2. The molecule has 0 fully saturated rings. The fraction of sp³-hybridized carbons (Fsp3) is 0.259. The summed E-state index contributed by atoms with van der Waals surface area (Å²) in [5, 5.41) is 1.16. The Morgan fingerprint density at radius 2 is 1.76 bits per heavy atom. The van der Waals surface area contributed by atoms with Crippen LogP contribution in [0.25, 0.3) is 11.4 Å². The fourth-order valence-corrected chi connectivity index (χ4v) is 5.22. The van der Waals surface area contributed by atoms with Crippen molar-refractivity contribution >= 4 is 34.8 Å². The first-order valence-electron chi connectivity index (χ1n) is 11.7. The molecular weight excluding hydrogens is 513 g/mol. The van der Waals surface area contributed by atoms with Gasteiger partial charge in [0.2, 0.25) is 5.88 Å². The number of amides is 1. The molecule has 10 heteroatoms. The van der Waals surface area contributed by atoms with Gasteiger partial charge in [-0.3, -0.25) is 9.69 Å². The monoisotopic (exact) mass is 537 g/mol. The highest BCUT2D eigenvalue weighted by Gasteiger charge is 2.45. The molecule has 1 amide bonds. The van der Waals surface area contributed by atoms with Crippen molar-refractivity contribution in [1.82, 2.24) is 19.5 Å². The smallest absolute Gasteiger partial charge is 0.319 e. The van der Waals surface area contributed by atoms with Crippen molar-refractivity contribution in [2.24, 2.45) is 0 Å². The number of ether oxygens (including phenoxy) is 2. The molecule has 2 aromatic heterocycles. The van der Waals surface area contributed by atoms with E-state index >= 15 is 0 Å². The maximum Gasteiger partial charge on any atom is 0.319 e. The highest BCUT2D eigenvalue weighted by atomic mass is 35.5. The van der Waals surface area contributed by atoms with Crippen molar-refractivity contribution in [3.63, 3.8) is 0 Å². The lowest BCUT2D eigenvalue weighted by molar-refractivity contribution is 0.0989. The third kappa shape index (κ3) is 4.20. The third-order valence-electron chi connectivity index (χ3n) is 6.36. The van der Waals surface area contributed by atoms with Gasteiger partial charge in [0.25, 0.3) is 5.91 Å². The second-order valence-electron chi connectivity index (χ2n) is 8.97. The Kier molecular flexibility index (Phi) is 6.56. The average molecular weight is 538 g/mol. The molecule has 1 aliphatic heterocycles. The Bertz CT molecular complexity index is 1520. The van der Waals surface area contributed by atoms with E-state index in [4.69, 9.17) is 37.7 Å². The van der Waals surface area contributed by atoms with Gasteiger partial charge in [-0.15, -0.1) is 0 Å². The number of benzene rings is 2. The molecule has 190 valence electrons.